The number of hydrogen-bond acceptors (Lipinski definition) is 5. The number of methoxy groups -OCH3 is 1. The van der Waals surface area contributed by atoms with Crippen LogP contribution in [0.15, 0.2) is 0 Å². The van der Waals surface area contributed by atoms with Crippen LogP contribution in [0.25, 0.3) is 0 Å². The Hall–Kier alpha value is -1.14. The van der Waals surface area contributed by atoms with Crippen LogP contribution < -0.4 is 11.1 Å². The Labute approximate surface area is 113 Å². The lowest BCUT2D eigenvalue weighted by atomic mass is 9.80. The van der Waals surface area contributed by atoms with Crippen molar-refractivity contribution in [3.05, 3.63) is 0 Å². The van der Waals surface area contributed by atoms with E-state index < -0.39 is 29.6 Å². The monoisotopic (exact) mass is 272 g/mol. The normalized spacial score (nSPS) is 28.8. The van der Waals surface area contributed by atoms with E-state index in [1.54, 1.807) is 0 Å². The van der Waals surface area contributed by atoms with E-state index in [0.717, 1.165) is 0 Å². The summed E-state index contributed by atoms with van der Waals surface area (Å²) in [4.78, 5) is 23.9. The van der Waals surface area contributed by atoms with Crippen molar-refractivity contribution in [1.29, 1.82) is 0 Å². The van der Waals surface area contributed by atoms with Gasteiger partial charge < -0.3 is 20.9 Å². The van der Waals surface area contributed by atoms with E-state index in [4.69, 9.17) is 5.73 Å². The number of aliphatic hydroxyl groups excluding tert-OH is 1. The van der Waals surface area contributed by atoms with Crippen LogP contribution in [-0.2, 0) is 14.3 Å². The Bertz CT molecular complexity index is 346. The fourth-order valence-electron chi connectivity index (χ4n) is 2.39. The summed E-state index contributed by atoms with van der Waals surface area (Å²) in [5.74, 6) is -0.966. The summed E-state index contributed by atoms with van der Waals surface area (Å²) in [6, 6.07) is -0.711. The molecular weight excluding hydrogens is 248 g/mol. The highest BCUT2D eigenvalue weighted by Gasteiger charge is 2.40. The first-order chi connectivity index (χ1) is 8.80. The number of amides is 1. The first-order valence-electron chi connectivity index (χ1n) is 6.66. The second-order valence-electron chi connectivity index (χ2n) is 5.62. The van der Waals surface area contributed by atoms with Gasteiger partial charge in [-0.15, -0.1) is 0 Å². The summed E-state index contributed by atoms with van der Waals surface area (Å²) < 4.78 is 4.67. The van der Waals surface area contributed by atoms with Gasteiger partial charge in [0, 0.05) is 6.42 Å². The smallest absolute Gasteiger partial charge is 0.328 e. The Morgan fingerprint density at radius 2 is 2.11 bits per heavy atom. The maximum Gasteiger partial charge on any atom is 0.328 e. The Balaban J connectivity index is 2.73. The van der Waals surface area contributed by atoms with Crippen molar-refractivity contribution in [3.8, 4) is 0 Å². The summed E-state index contributed by atoms with van der Waals surface area (Å²) in [6.07, 6.45) is 1.55. The lowest BCUT2D eigenvalue weighted by molar-refractivity contribution is -0.147. The molecule has 1 aliphatic carbocycles. The highest BCUT2D eigenvalue weighted by Crippen LogP contribution is 2.26. The van der Waals surface area contributed by atoms with Gasteiger partial charge in [-0.25, -0.2) is 4.79 Å². The van der Waals surface area contributed by atoms with Crippen LogP contribution in [0.1, 0.15) is 39.5 Å². The van der Waals surface area contributed by atoms with E-state index in [0.29, 0.717) is 19.3 Å². The molecule has 0 heterocycles. The highest BCUT2D eigenvalue weighted by atomic mass is 16.5. The van der Waals surface area contributed by atoms with Gasteiger partial charge in [-0.1, -0.05) is 13.8 Å². The van der Waals surface area contributed by atoms with Crippen LogP contribution >= 0.6 is 0 Å². The van der Waals surface area contributed by atoms with Crippen molar-refractivity contribution in [2.24, 2.45) is 11.7 Å². The second-order valence-corrected chi connectivity index (χ2v) is 5.62. The molecule has 0 aromatic carbocycles. The summed E-state index contributed by atoms with van der Waals surface area (Å²) in [7, 11) is 1.28. The van der Waals surface area contributed by atoms with Gasteiger partial charge in [0.2, 0.25) is 5.91 Å². The van der Waals surface area contributed by atoms with Gasteiger partial charge in [0.1, 0.15) is 6.04 Å². The molecule has 3 atom stereocenters. The van der Waals surface area contributed by atoms with E-state index in [9.17, 15) is 14.7 Å². The van der Waals surface area contributed by atoms with Crippen LogP contribution in [0.5, 0.6) is 0 Å². The molecule has 0 spiro atoms. The molecule has 19 heavy (non-hydrogen) atoms. The van der Waals surface area contributed by atoms with Crippen molar-refractivity contribution in [1.82, 2.24) is 5.32 Å². The van der Waals surface area contributed by atoms with Crippen LogP contribution in [0.3, 0.4) is 0 Å². The maximum atomic E-state index is 12.2. The highest BCUT2D eigenvalue weighted by molar-refractivity contribution is 5.90. The number of esters is 1. The predicted molar refractivity (Wildman–Crippen MR) is 70.2 cm³/mol. The molecule has 6 nitrogen and oxygen atoms in total. The van der Waals surface area contributed by atoms with Crippen molar-refractivity contribution in [2.75, 3.05) is 7.11 Å². The molecule has 0 radical (unpaired) electrons. The molecule has 1 aliphatic rings. The van der Waals surface area contributed by atoms with Gasteiger partial charge in [0.25, 0.3) is 0 Å². The van der Waals surface area contributed by atoms with Gasteiger partial charge >= 0.3 is 5.97 Å². The molecule has 4 N–H and O–H groups in total. The first kappa shape index (κ1) is 15.9. The molecule has 0 unspecified atom stereocenters. The van der Waals surface area contributed by atoms with Crippen LogP contribution in [-0.4, -0.2) is 41.8 Å². The standard InChI is InChI=1S/C13H24N2O4/c1-8(2)10(11(17)19-3)15-12(18)13(14)6-4-5-9(16)7-13/h8-10,16H,4-7,14H2,1-3H3,(H,15,18)/t9-,10+,13-/m0/s1. The number of hydrogen-bond donors (Lipinski definition) is 3. The molecule has 0 aliphatic heterocycles. The van der Waals surface area contributed by atoms with Gasteiger partial charge in [-0.2, -0.15) is 0 Å². The Morgan fingerprint density at radius 1 is 1.47 bits per heavy atom. The number of ether oxygens (including phenoxy) is 1. The quantitative estimate of drug-likeness (QED) is 0.622. The van der Waals surface area contributed by atoms with E-state index in [-0.39, 0.29) is 12.3 Å². The maximum absolute atomic E-state index is 12.2. The average molecular weight is 272 g/mol. The molecule has 0 bridgehead atoms. The Morgan fingerprint density at radius 3 is 2.58 bits per heavy atom. The predicted octanol–water partition coefficient (Wildman–Crippen LogP) is -0.0674. The van der Waals surface area contributed by atoms with Gasteiger partial charge in [-0.3, -0.25) is 4.79 Å². The average Bonchev–Trinajstić information content (AvgIpc) is 2.34. The number of rotatable bonds is 4. The number of carbonyl (C=O) groups excluding carboxylic acids is 2. The van der Waals surface area contributed by atoms with Crippen LogP contribution in [0.4, 0.5) is 0 Å². The topological polar surface area (TPSA) is 102 Å². The summed E-state index contributed by atoms with van der Waals surface area (Å²) in [5, 5.41) is 12.3. The van der Waals surface area contributed by atoms with Crippen LogP contribution in [0, 0.1) is 5.92 Å². The number of nitrogens with two attached hydrogens (primary N) is 1. The zero-order valence-corrected chi connectivity index (χ0v) is 11.8. The van der Waals surface area contributed by atoms with Crippen molar-refractivity contribution >= 4 is 11.9 Å². The molecule has 6 heteroatoms. The lowest BCUT2D eigenvalue weighted by Gasteiger charge is -2.35. The molecule has 1 fully saturated rings. The van der Waals surface area contributed by atoms with E-state index in [1.807, 2.05) is 13.8 Å². The molecule has 0 saturated heterocycles. The zero-order valence-electron chi connectivity index (χ0n) is 11.8. The third-order valence-corrected chi connectivity index (χ3v) is 3.62. The zero-order chi connectivity index (χ0) is 14.6. The van der Waals surface area contributed by atoms with E-state index >= 15 is 0 Å². The lowest BCUT2D eigenvalue weighted by Crippen LogP contribution is -2.60. The van der Waals surface area contributed by atoms with Crippen molar-refractivity contribution in [2.45, 2.75) is 57.2 Å². The minimum Gasteiger partial charge on any atom is -0.467 e. The third-order valence-electron chi connectivity index (χ3n) is 3.62. The van der Waals surface area contributed by atoms with Gasteiger partial charge in [-0.05, 0) is 25.2 Å². The number of nitrogens with one attached hydrogen (secondary N) is 1. The molecule has 1 amide bonds. The third kappa shape index (κ3) is 3.91. The minimum absolute atomic E-state index is 0.0893. The summed E-state index contributed by atoms with van der Waals surface area (Å²) in [5.41, 5.74) is 4.96. The molecule has 1 rings (SSSR count). The van der Waals surface area contributed by atoms with E-state index in [1.165, 1.54) is 7.11 Å². The molecule has 110 valence electrons. The second kappa shape index (κ2) is 6.34. The largest absolute Gasteiger partial charge is 0.467 e. The molecule has 1 saturated carbocycles. The van der Waals surface area contributed by atoms with Gasteiger partial charge in [0.05, 0.1) is 18.8 Å². The van der Waals surface area contributed by atoms with E-state index in [2.05, 4.69) is 10.1 Å². The van der Waals surface area contributed by atoms with Crippen molar-refractivity contribution in [3.63, 3.8) is 0 Å². The summed E-state index contributed by atoms with van der Waals surface area (Å²) in [6.45, 7) is 3.64. The minimum atomic E-state index is -1.10. The Kier molecular flexibility index (Phi) is 5.31. The SMILES string of the molecule is COC(=O)[C@H](NC(=O)[C@]1(N)CCC[C@H](O)C1)C(C)C. The number of aliphatic hydroxyl groups is 1. The first-order valence-corrected chi connectivity index (χ1v) is 6.66. The fraction of sp³-hybridized carbons (Fsp3) is 0.846. The van der Waals surface area contributed by atoms with Crippen LogP contribution in [0.2, 0.25) is 0 Å². The molecular formula is C13H24N2O4. The van der Waals surface area contributed by atoms with Gasteiger partial charge in [0.15, 0.2) is 0 Å². The number of carbonyl (C=O) groups is 2. The summed E-state index contributed by atoms with van der Waals surface area (Å²) >= 11 is 0. The fourth-order valence-corrected chi connectivity index (χ4v) is 2.39. The molecule has 0 aromatic rings. The van der Waals surface area contributed by atoms with Crippen molar-refractivity contribution < 1.29 is 19.4 Å². The molecule has 0 aromatic heterocycles.